The number of rotatable bonds is 4. The zero-order chi connectivity index (χ0) is 16.3. The van der Waals surface area contributed by atoms with Crippen LogP contribution in [0.5, 0.6) is 11.5 Å². The molecule has 0 spiro atoms. The Kier molecular flexibility index (Phi) is 4.71. The Hall–Kier alpha value is -2.08. The average molecular weight is 320 g/mol. The van der Waals surface area contributed by atoms with E-state index in [9.17, 15) is 15.0 Å². The quantitative estimate of drug-likeness (QED) is 0.755. The number of benzene rings is 1. The van der Waals surface area contributed by atoms with Crippen LogP contribution in [0.25, 0.3) is 11.3 Å². The van der Waals surface area contributed by atoms with Gasteiger partial charge in [-0.25, -0.2) is 4.98 Å². The fraction of sp³-hybridized carbons (Fsp3) is 0.375. The molecule has 22 heavy (non-hydrogen) atoms. The topological polar surface area (TPSA) is 82.5 Å². The van der Waals surface area contributed by atoms with Crippen molar-refractivity contribution in [2.75, 3.05) is 0 Å². The number of phenols is 2. The fourth-order valence-electron chi connectivity index (χ4n) is 1.93. The number of phenolic OH excluding ortho intramolecular Hbond substituents is 2. The molecule has 1 aromatic heterocycles. The summed E-state index contributed by atoms with van der Waals surface area (Å²) in [6, 6.07) is 4.58. The Morgan fingerprint density at radius 3 is 2.64 bits per heavy atom. The summed E-state index contributed by atoms with van der Waals surface area (Å²) in [4.78, 5) is 16.2. The number of nitrogens with zero attached hydrogens (tertiary/aromatic N) is 1. The molecule has 6 heteroatoms. The summed E-state index contributed by atoms with van der Waals surface area (Å²) in [7, 11) is 0. The standard InChI is InChI=1S/C16H20N2O3S/c1-16(2,3)7-14(21)17-8-15-18-11(9-22-15)10-4-5-12(19)13(20)6-10/h4-6,9,19-20H,7-8H2,1-3H3,(H,17,21). The van der Waals surface area contributed by atoms with Crippen molar-refractivity contribution < 1.29 is 15.0 Å². The van der Waals surface area contributed by atoms with Gasteiger partial charge in [-0.2, -0.15) is 0 Å². The van der Waals surface area contributed by atoms with Gasteiger partial charge in [0.15, 0.2) is 11.5 Å². The molecule has 0 bridgehead atoms. The summed E-state index contributed by atoms with van der Waals surface area (Å²) >= 11 is 1.44. The van der Waals surface area contributed by atoms with Crippen LogP contribution in [-0.2, 0) is 11.3 Å². The van der Waals surface area contributed by atoms with Crippen molar-refractivity contribution in [3.8, 4) is 22.8 Å². The highest BCUT2D eigenvalue weighted by Gasteiger charge is 2.16. The van der Waals surface area contributed by atoms with Gasteiger partial charge in [0.25, 0.3) is 0 Å². The van der Waals surface area contributed by atoms with Crippen molar-refractivity contribution >= 4 is 17.2 Å². The van der Waals surface area contributed by atoms with Gasteiger partial charge in [0.1, 0.15) is 5.01 Å². The van der Waals surface area contributed by atoms with E-state index in [1.54, 1.807) is 6.07 Å². The van der Waals surface area contributed by atoms with Crippen molar-refractivity contribution in [2.24, 2.45) is 5.41 Å². The maximum atomic E-state index is 11.8. The summed E-state index contributed by atoms with van der Waals surface area (Å²) < 4.78 is 0. The number of nitrogens with one attached hydrogen (secondary N) is 1. The van der Waals surface area contributed by atoms with E-state index in [-0.39, 0.29) is 22.8 Å². The number of amides is 1. The smallest absolute Gasteiger partial charge is 0.220 e. The Bertz CT molecular complexity index is 674. The molecule has 0 saturated heterocycles. The summed E-state index contributed by atoms with van der Waals surface area (Å²) in [5.41, 5.74) is 1.39. The molecule has 0 unspecified atom stereocenters. The molecule has 118 valence electrons. The third-order valence-corrected chi connectivity index (χ3v) is 3.80. The van der Waals surface area contributed by atoms with Crippen molar-refractivity contribution in [1.82, 2.24) is 10.3 Å². The minimum Gasteiger partial charge on any atom is -0.504 e. The first kappa shape index (κ1) is 16.3. The van der Waals surface area contributed by atoms with Crippen LogP contribution in [0.1, 0.15) is 32.2 Å². The first-order chi connectivity index (χ1) is 10.2. The lowest BCUT2D eigenvalue weighted by Gasteiger charge is -2.16. The lowest BCUT2D eigenvalue weighted by Crippen LogP contribution is -2.27. The molecule has 0 aliphatic carbocycles. The van der Waals surface area contributed by atoms with Crippen LogP contribution in [-0.4, -0.2) is 21.1 Å². The van der Waals surface area contributed by atoms with Gasteiger partial charge in [-0.15, -0.1) is 11.3 Å². The SMILES string of the molecule is CC(C)(C)CC(=O)NCc1nc(-c2ccc(O)c(O)c2)cs1. The van der Waals surface area contributed by atoms with Crippen LogP contribution in [0.3, 0.4) is 0 Å². The van der Waals surface area contributed by atoms with E-state index in [0.29, 0.717) is 18.7 Å². The molecule has 1 amide bonds. The van der Waals surface area contributed by atoms with Crippen LogP contribution in [0.15, 0.2) is 23.6 Å². The molecule has 0 fully saturated rings. The minimum absolute atomic E-state index is 0.00604. The Morgan fingerprint density at radius 2 is 2.00 bits per heavy atom. The molecule has 3 N–H and O–H groups in total. The number of carbonyl (C=O) groups excluding carboxylic acids is 1. The van der Waals surface area contributed by atoms with Crippen LogP contribution in [0.4, 0.5) is 0 Å². The van der Waals surface area contributed by atoms with E-state index in [1.165, 1.54) is 23.5 Å². The van der Waals surface area contributed by atoms with E-state index in [0.717, 1.165) is 10.6 Å². The molecule has 5 nitrogen and oxygen atoms in total. The van der Waals surface area contributed by atoms with Gasteiger partial charge in [-0.1, -0.05) is 20.8 Å². The van der Waals surface area contributed by atoms with Gasteiger partial charge in [-0.3, -0.25) is 4.79 Å². The molecule has 0 aliphatic rings. The number of hydrogen-bond donors (Lipinski definition) is 3. The van der Waals surface area contributed by atoms with Crippen molar-refractivity contribution in [3.63, 3.8) is 0 Å². The summed E-state index contributed by atoms with van der Waals surface area (Å²) in [6.07, 6.45) is 0.469. The molecule has 1 heterocycles. The lowest BCUT2D eigenvalue weighted by atomic mass is 9.92. The Labute approximate surface area is 133 Å². The molecule has 2 rings (SSSR count). The molecule has 0 aliphatic heterocycles. The molecular weight excluding hydrogens is 300 g/mol. The normalized spacial score (nSPS) is 11.4. The highest BCUT2D eigenvalue weighted by Crippen LogP contribution is 2.31. The second-order valence-electron chi connectivity index (χ2n) is 6.34. The Morgan fingerprint density at radius 1 is 1.27 bits per heavy atom. The highest BCUT2D eigenvalue weighted by molar-refractivity contribution is 7.09. The maximum Gasteiger partial charge on any atom is 0.220 e. The van der Waals surface area contributed by atoms with Crippen molar-refractivity contribution in [2.45, 2.75) is 33.7 Å². The van der Waals surface area contributed by atoms with Gasteiger partial charge in [0.05, 0.1) is 12.2 Å². The highest BCUT2D eigenvalue weighted by atomic mass is 32.1. The Balaban J connectivity index is 1.99. The van der Waals surface area contributed by atoms with Gasteiger partial charge in [-0.05, 0) is 23.6 Å². The van der Waals surface area contributed by atoms with E-state index in [1.807, 2.05) is 26.2 Å². The average Bonchev–Trinajstić information content (AvgIpc) is 2.86. The number of aromatic nitrogens is 1. The first-order valence-corrected chi connectivity index (χ1v) is 7.86. The minimum atomic E-state index is -0.175. The van der Waals surface area contributed by atoms with E-state index < -0.39 is 0 Å². The van der Waals surface area contributed by atoms with Crippen LogP contribution in [0, 0.1) is 5.41 Å². The zero-order valence-electron chi connectivity index (χ0n) is 12.9. The summed E-state index contributed by atoms with van der Waals surface area (Å²) in [5.74, 6) is -0.328. The third-order valence-electron chi connectivity index (χ3n) is 2.95. The largest absolute Gasteiger partial charge is 0.504 e. The first-order valence-electron chi connectivity index (χ1n) is 6.98. The van der Waals surface area contributed by atoms with Crippen LogP contribution < -0.4 is 5.32 Å². The maximum absolute atomic E-state index is 11.8. The molecule has 0 saturated carbocycles. The van der Waals surface area contributed by atoms with E-state index >= 15 is 0 Å². The van der Waals surface area contributed by atoms with Gasteiger partial charge >= 0.3 is 0 Å². The second kappa shape index (κ2) is 6.36. The second-order valence-corrected chi connectivity index (χ2v) is 7.29. The number of hydrogen-bond acceptors (Lipinski definition) is 5. The number of aromatic hydroxyl groups is 2. The summed E-state index contributed by atoms with van der Waals surface area (Å²) in [6.45, 7) is 6.45. The van der Waals surface area contributed by atoms with E-state index in [4.69, 9.17) is 0 Å². The van der Waals surface area contributed by atoms with E-state index in [2.05, 4.69) is 10.3 Å². The van der Waals surface area contributed by atoms with Crippen LogP contribution >= 0.6 is 11.3 Å². The third kappa shape index (κ3) is 4.46. The monoisotopic (exact) mass is 320 g/mol. The predicted octanol–water partition coefficient (Wildman–Crippen LogP) is 3.27. The zero-order valence-corrected chi connectivity index (χ0v) is 13.7. The van der Waals surface area contributed by atoms with Gasteiger partial charge < -0.3 is 15.5 Å². The molecule has 2 aromatic rings. The lowest BCUT2D eigenvalue weighted by molar-refractivity contribution is -0.122. The van der Waals surface area contributed by atoms with Gasteiger partial charge in [0.2, 0.25) is 5.91 Å². The van der Waals surface area contributed by atoms with Crippen molar-refractivity contribution in [3.05, 3.63) is 28.6 Å². The molecular formula is C16H20N2O3S. The van der Waals surface area contributed by atoms with Gasteiger partial charge in [0, 0.05) is 17.4 Å². The van der Waals surface area contributed by atoms with Crippen molar-refractivity contribution in [1.29, 1.82) is 0 Å². The molecule has 1 aromatic carbocycles. The molecule has 0 atom stereocenters. The number of carbonyl (C=O) groups is 1. The van der Waals surface area contributed by atoms with Crippen LogP contribution in [0.2, 0.25) is 0 Å². The summed E-state index contributed by atoms with van der Waals surface area (Å²) in [5, 5.41) is 24.4. The number of thiazole rings is 1. The predicted molar refractivity (Wildman–Crippen MR) is 86.8 cm³/mol. The fourth-order valence-corrected chi connectivity index (χ4v) is 2.67. The molecule has 0 radical (unpaired) electrons.